The van der Waals surface area contributed by atoms with Gasteiger partial charge in [0.1, 0.15) is 0 Å². The lowest BCUT2D eigenvalue weighted by atomic mass is 10.1. The number of aryl methyl sites for hydroxylation is 1. The minimum absolute atomic E-state index is 1.20. The molecule has 10 rings (SSSR count). The molecular weight excluding hydrogens is 705 g/mol. The third-order valence-corrected chi connectivity index (χ3v) is 14.9. The van der Waals surface area contributed by atoms with Crippen molar-refractivity contribution in [3.63, 3.8) is 0 Å². The number of hydrogen-bond donors (Lipinski definition) is 0. The Hall–Kier alpha value is -2.36. The number of unbranched alkanes of at least 4 members (excludes halogenated alkanes) is 1. The van der Waals surface area contributed by atoms with E-state index in [4.69, 9.17) is 0 Å². The van der Waals surface area contributed by atoms with Crippen LogP contribution < -0.4 is 0 Å². The molecule has 210 valence electrons. The molecule has 0 N–H and O–H groups in total. The average molecular weight is 728 g/mol. The van der Waals surface area contributed by atoms with E-state index in [9.17, 15) is 0 Å². The van der Waals surface area contributed by atoms with E-state index >= 15 is 0 Å². The minimum Gasteiger partial charge on any atom is -0.144 e. The summed E-state index contributed by atoms with van der Waals surface area (Å²) in [6, 6.07) is 28.0. The normalized spacial score (nSPS) is 12.2. The first-order chi connectivity index (χ1) is 21.1. The Balaban J connectivity index is 0.000000122. The summed E-state index contributed by atoms with van der Waals surface area (Å²) < 4.78 is 12.4. The fourth-order valence-electron chi connectivity index (χ4n) is 6.03. The van der Waals surface area contributed by atoms with Crippen LogP contribution in [-0.2, 0) is 6.42 Å². The van der Waals surface area contributed by atoms with Gasteiger partial charge < -0.3 is 0 Å². The number of benzene rings is 4. The van der Waals surface area contributed by atoms with Crippen molar-refractivity contribution >= 4 is 165 Å². The smallest absolute Gasteiger partial charge is 0.0711 e. The molecule has 0 fully saturated rings. The quantitative estimate of drug-likeness (QED) is 0.170. The summed E-state index contributed by atoms with van der Waals surface area (Å²) in [7, 11) is 0. The molecule has 0 bridgehead atoms. The zero-order valence-electron chi connectivity index (χ0n) is 23.0. The summed E-state index contributed by atoms with van der Waals surface area (Å²) >= 11 is 14.9. The summed E-state index contributed by atoms with van der Waals surface area (Å²) in [5.41, 5.74) is 0. The minimum atomic E-state index is 1.20. The van der Waals surface area contributed by atoms with Gasteiger partial charge in [-0.25, -0.2) is 0 Å². The van der Waals surface area contributed by atoms with Gasteiger partial charge in [-0.1, -0.05) is 13.3 Å². The third-order valence-electron chi connectivity index (χ3n) is 8.16. The van der Waals surface area contributed by atoms with Gasteiger partial charge in [-0.05, 0) is 134 Å². The van der Waals surface area contributed by atoms with Crippen molar-refractivity contribution in [1.29, 1.82) is 0 Å². The molecule has 0 saturated heterocycles. The van der Waals surface area contributed by atoms with E-state index in [-0.39, 0.29) is 0 Å². The maximum Gasteiger partial charge on any atom is 0.0711 e. The standard InChI is InChI=1S/C20H16S3.C16H7BrS3/c1-2-3-4-14-7-13-9-16-15-8-12-5-6-21-17(12)10-19(15)23-20(16)11-18(13)22-14;17-16-5-9-4-11-10-3-8-1-2-18-12(8)6-14(10)19-15(11)7-13(9)20-16/h5-11H,2-4H2,1H3;1-7H. The van der Waals surface area contributed by atoms with Gasteiger partial charge in [0.25, 0.3) is 0 Å². The lowest BCUT2D eigenvalue weighted by Crippen LogP contribution is -1.76. The summed E-state index contributed by atoms with van der Waals surface area (Å²) in [6.07, 6.45) is 3.78. The largest absolute Gasteiger partial charge is 0.144 e. The lowest BCUT2D eigenvalue weighted by molar-refractivity contribution is 0.804. The van der Waals surface area contributed by atoms with E-state index in [0.717, 1.165) is 0 Å². The van der Waals surface area contributed by atoms with Gasteiger partial charge in [0.2, 0.25) is 0 Å². The van der Waals surface area contributed by atoms with Crippen molar-refractivity contribution in [2.75, 3.05) is 0 Å². The van der Waals surface area contributed by atoms with Crippen LogP contribution in [0.1, 0.15) is 24.6 Å². The Morgan fingerprint density at radius 1 is 0.488 bits per heavy atom. The summed E-state index contributed by atoms with van der Waals surface area (Å²) in [4.78, 5) is 1.53. The molecule has 0 aliphatic rings. The van der Waals surface area contributed by atoms with Crippen molar-refractivity contribution in [2.24, 2.45) is 0 Å². The molecule has 10 aromatic rings. The van der Waals surface area contributed by atoms with Crippen LogP contribution in [0.25, 0.3) is 80.7 Å². The molecule has 0 amide bonds. The number of fused-ring (bicyclic) bond motifs is 10. The number of rotatable bonds is 3. The van der Waals surface area contributed by atoms with Gasteiger partial charge in [-0.3, -0.25) is 0 Å². The molecule has 0 saturated carbocycles. The Kier molecular flexibility index (Phi) is 6.67. The van der Waals surface area contributed by atoms with E-state index in [1.165, 1.54) is 109 Å². The predicted molar refractivity (Wildman–Crippen MR) is 207 cm³/mol. The summed E-state index contributed by atoms with van der Waals surface area (Å²) in [5.74, 6) is 0. The molecule has 0 aliphatic heterocycles. The molecule has 0 aliphatic carbocycles. The highest BCUT2D eigenvalue weighted by Gasteiger charge is 2.12. The van der Waals surface area contributed by atoms with Gasteiger partial charge in [0, 0.05) is 64.0 Å². The van der Waals surface area contributed by atoms with Gasteiger partial charge >= 0.3 is 0 Å². The summed E-state index contributed by atoms with van der Waals surface area (Å²) in [5, 5.41) is 15.4. The van der Waals surface area contributed by atoms with Crippen LogP contribution in [0.4, 0.5) is 0 Å². The van der Waals surface area contributed by atoms with Crippen LogP contribution in [0.2, 0.25) is 0 Å². The zero-order valence-corrected chi connectivity index (χ0v) is 29.5. The van der Waals surface area contributed by atoms with Crippen molar-refractivity contribution < 1.29 is 0 Å². The maximum absolute atomic E-state index is 3.59. The van der Waals surface area contributed by atoms with Crippen LogP contribution in [0.15, 0.2) is 87.3 Å². The Bertz CT molecular complexity index is 2630. The molecule has 6 aromatic heterocycles. The molecule has 43 heavy (non-hydrogen) atoms. The van der Waals surface area contributed by atoms with Crippen LogP contribution in [0.5, 0.6) is 0 Å². The third kappa shape index (κ3) is 4.67. The first kappa shape index (κ1) is 27.0. The Labute approximate surface area is 280 Å². The molecule has 0 unspecified atom stereocenters. The highest BCUT2D eigenvalue weighted by atomic mass is 79.9. The second-order valence-electron chi connectivity index (χ2n) is 11.0. The average Bonchev–Trinajstić information content (AvgIpc) is 3.84. The first-order valence-corrected chi connectivity index (χ1v) is 20.1. The number of halogens is 1. The molecule has 0 nitrogen and oxygen atoms in total. The molecule has 6 heterocycles. The van der Waals surface area contributed by atoms with E-state index in [2.05, 4.69) is 106 Å². The molecule has 0 spiro atoms. The molecule has 4 aromatic carbocycles. The Morgan fingerprint density at radius 3 is 1.53 bits per heavy atom. The molecular formula is C36H23BrS6. The van der Waals surface area contributed by atoms with Crippen LogP contribution in [0, 0.1) is 0 Å². The van der Waals surface area contributed by atoms with Gasteiger partial charge in [0.15, 0.2) is 0 Å². The van der Waals surface area contributed by atoms with Gasteiger partial charge in [-0.2, -0.15) is 0 Å². The fraction of sp³-hybridized carbons (Fsp3) is 0.111. The first-order valence-electron chi connectivity index (χ1n) is 14.3. The monoisotopic (exact) mass is 726 g/mol. The second-order valence-corrected chi connectivity index (χ2v) is 18.7. The fourth-order valence-corrected chi connectivity index (χ4v) is 13.0. The van der Waals surface area contributed by atoms with Gasteiger partial charge in [-0.15, -0.1) is 68.0 Å². The molecule has 0 atom stereocenters. The van der Waals surface area contributed by atoms with E-state index in [1.807, 2.05) is 56.7 Å². The van der Waals surface area contributed by atoms with Crippen molar-refractivity contribution in [1.82, 2.24) is 0 Å². The lowest BCUT2D eigenvalue weighted by Gasteiger charge is -1.94. The van der Waals surface area contributed by atoms with E-state index < -0.39 is 0 Å². The van der Waals surface area contributed by atoms with Crippen molar-refractivity contribution in [3.8, 4) is 0 Å². The Morgan fingerprint density at radius 2 is 0.977 bits per heavy atom. The number of thiophene rings is 6. The number of hydrogen-bond acceptors (Lipinski definition) is 6. The maximum atomic E-state index is 3.59. The zero-order chi connectivity index (χ0) is 28.7. The SMILES string of the molecule is Brc1cc2cc3c(cc2s1)sc1cc2sccc2cc13.CCCCc1cc2cc3c(cc2s1)sc1cc2sccc2cc13. The topological polar surface area (TPSA) is 0 Å². The predicted octanol–water partition coefficient (Wildman–Crippen LogP) is 15.1. The van der Waals surface area contributed by atoms with Crippen molar-refractivity contribution in [3.05, 3.63) is 92.2 Å². The van der Waals surface area contributed by atoms with Crippen molar-refractivity contribution in [2.45, 2.75) is 26.2 Å². The molecule has 0 radical (unpaired) electrons. The van der Waals surface area contributed by atoms with Crippen LogP contribution in [0.3, 0.4) is 0 Å². The molecule has 7 heteroatoms. The van der Waals surface area contributed by atoms with E-state index in [1.54, 1.807) is 11.3 Å². The van der Waals surface area contributed by atoms with Crippen LogP contribution >= 0.6 is 84.0 Å². The van der Waals surface area contributed by atoms with Gasteiger partial charge in [0.05, 0.1) is 3.79 Å². The van der Waals surface area contributed by atoms with E-state index in [0.29, 0.717) is 0 Å². The summed E-state index contributed by atoms with van der Waals surface area (Å²) in [6.45, 7) is 2.26. The highest BCUT2D eigenvalue weighted by Crippen LogP contribution is 2.43. The van der Waals surface area contributed by atoms with Crippen LogP contribution in [-0.4, -0.2) is 0 Å². The second kappa shape index (κ2) is 10.6. The highest BCUT2D eigenvalue weighted by molar-refractivity contribution is 9.11.